The average molecular weight is 239 g/mol. The molecule has 90 valence electrons. The highest BCUT2D eigenvalue weighted by Gasteiger charge is 2.08. The number of nitrogens with one attached hydrogen (secondary N) is 1. The lowest BCUT2D eigenvalue weighted by molar-refractivity contribution is 0.414. The van der Waals surface area contributed by atoms with E-state index in [2.05, 4.69) is 37.9 Å². The van der Waals surface area contributed by atoms with Crippen LogP contribution in [-0.2, 0) is 6.42 Å². The van der Waals surface area contributed by atoms with Gasteiger partial charge in [0.15, 0.2) is 0 Å². The summed E-state index contributed by atoms with van der Waals surface area (Å²) in [6.07, 6.45) is 2.90. The van der Waals surface area contributed by atoms with Gasteiger partial charge in [-0.3, -0.25) is 0 Å². The van der Waals surface area contributed by atoms with E-state index in [1.54, 1.807) is 0 Å². The van der Waals surface area contributed by atoms with Crippen LogP contribution in [0.4, 0.5) is 0 Å². The van der Waals surface area contributed by atoms with E-state index in [0.717, 1.165) is 36.0 Å². The minimum absolute atomic E-state index is 0.296. The molecule has 1 aromatic rings. The Hall–Kier alpha value is -0.670. The molecule has 1 rings (SSSR count). The molecule has 1 unspecified atom stereocenters. The second kappa shape index (κ2) is 7.58. The van der Waals surface area contributed by atoms with Crippen LogP contribution in [0.1, 0.15) is 31.4 Å². The van der Waals surface area contributed by atoms with Gasteiger partial charge in [0.25, 0.3) is 0 Å². The molecule has 0 aromatic carbocycles. The molecule has 2 nitrogen and oxygen atoms in total. The summed E-state index contributed by atoms with van der Waals surface area (Å²) in [6.45, 7) is 8.94. The van der Waals surface area contributed by atoms with Crippen molar-refractivity contribution in [1.29, 1.82) is 0 Å². The number of rotatable bonds is 8. The van der Waals surface area contributed by atoms with E-state index in [1.165, 1.54) is 0 Å². The lowest BCUT2D eigenvalue weighted by Crippen LogP contribution is -2.21. The maximum Gasteiger partial charge on any atom is 0.120 e. The van der Waals surface area contributed by atoms with Crippen molar-refractivity contribution < 1.29 is 4.42 Å². The third-order valence-corrected chi connectivity index (χ3v) is 3.35. The van der Waals surface area contributed by atoms with Gasteiger partial charge in [-0.25, -0.2) is 0 Å². The Morgan fingerprint density at radius 1 is 1.56 bits per heavy atom. The molecule has 0 radical (unpaired) electrons. The Bertz CT molecular complexity index is 309. The molecule has 1 aromatic heterocycles. The first-order valence-electron chi connectivity index (χ1n) is 5.78. The molecular formula is C13H21NOS. The van der Waals surface area contributed by atoms with E-state index in [1.807, 2.05) is 17.8 Å². The molecule has 1 atom stereocenters. The number of aryl methyl sites for hydroxylation is 1. The molecule has 3 heteroatoms. The predicted octanol–water partition coefficient (Wildman–Crippen LogP) is 3.41. The van der Waals surface area contributed by atoms with E-state index in [9.17, 15) is 0 Å². The Morgan fingerprint density at radius 2 is 2.38 bits per heavy atom. The Labute approximate surface area is 102 Å². The molecule has 0 amide bonds. The summed E-state index contributed by atoms with van der Waals surface area (Å²) in [4.78, 5) is 0. The Balaban J connectivity index is 2.23. The van der Waals surface area contributed by atoms with E-state index in [0.29, 0.717) is 6.04 Å². The molecular weight excluding hydrogens is 218 g/mol. The maximum absolute atomic E-state index is 5.69. The summed E-state index contributed by atoms with van der Waals surface area (Å²) in [6, 6.07) is 4.41. The Kier molecular flexibility index (Phi) is 6.34. The van der Waals surface area contributed by atoms with Gasteiger partial charge in [-0.05, 0) is 19.1 Å². The third-order valence-electron chi connectivity index (χ3n) is 2.39. The predicted molar refractivity (Wildman–Crippen MR) is 72.0 cm³/mol. The fourth-order valence-corrected chi connectivity index (χ4v) is 2.03. The van der Waals surface area contributed by atoms with Gasteiger partial charge in [0, 0.05) is 24.5 Å². The normalized spacial score (nSPS) is 12.6. The van der Waals surface area contributed by atoms with E-state index in [4.69, 9.17) is 4.42 Å². The van der Waals surface area contributed by atoms with E-state index >= 15 is 0 Å². The first kappa shape index (κ1) is 13.4. The second-order valence-corrected chi connectivity index (χ2v) is 4.85. The van der Waals surface area contributed by atoms with Gasteiger partial charge in [-0.2, -0.15) is 11.8 Å². The summed E-state index contributed by atoms with van der Waals surface area (Å²) in [7, 11) is 0. The summed E-state index contributed by atoms with van der Waals surface area (Å²) in [5.41, 5.74) is 0. The van der Waals surface area contributed by atoms with Crippen LogP contribution in [-0.4, -0.2) is 18.1 Å². The monoisotopic (exact) mass is 239 g/mol. The van der Waals surface area contributed by atoms with E-state index in [-0.39, 0.29) is 0 Å². The molecule has 0 fully saturated rings. The lowest BCUT2D eigenvalue weighted by atomic mass is 10.2. The number of furan rings is 1. The largest absolute Gasteiger partial charge is 0.464 e. The van der Waals surface area contributed by atoms with Crippen molar-refractivity contribution in [2.75, 3.05) is 18.1 Å². The van der Waals surface area contributed by atoms with Crippen LogP contribution in [0.5, 0.6) is 0 Å². The van der Waals surface area contributed by atoms with E-state index < -0.39 is 0 Å². The first-order valence-corrected chi connectivity index (χ1v) is 6.94. The summed E-state index contributed by atoms with van der Waals surface area (Å²) >= 11 is 1.89. The fourth-order valence-electron chi connectivity index (χ4n) is 1.43. The van der Waals surface area contributed by atoms with Crippen molar-refractivity contribution in [2.45, 2.75) is 26.3 Å². The van der Waals surface area contributed by atoms with Crippen molar-refractivity contribution in [2.24, 2.45) is 0 Å². The zero-order chi connectivity index (χ0) is 11.8. The second-order valence-electron chi connectivity index (χ2n) is 3.70. The molecule has 16 heavy (non-hydrogen) atoms. The fraction of sp³-hybridized carbons (Fsp3) is 0.538. The molecule has 0 spiro atoms. The van der Waals surface area contributed by atoms with Crippen LogP contribution in [0.2, 0.25) is 0 Å². The average Bonchev–Trinajstić information content (AvgIpc) is 2.77. The third kappa shape index (κ3) is 4.45. The summed E-state index contributed by atoms with van der Waals surface area (Å²) < 4.78 is 5.69. The maximum atomic E-state index is 5.69. The highest BCUT2D eigenvalue weighted by atomic mass is 32.2. The number of hydrogen-bond acceptors (Lipinski definition) is 3. The van der Waals surface area contributed by atoms with Crippen LogP contribution >= 0.6 is 11.8 Å². The highest BCUT2D eigenvalue weighted by Crippen LogP contribution is 2.16. The minimum atomic E-state index is 0.296. The van der Waals surface area contributed by atoms with Crippen LogP contribution in [0.15, 0.2) is 29.2 Å². The van der Waals surface area contributed by atoms with Crippen LogP contribution in [0.3, 0.4) is 0 Å². The Morgan fingerprint density at radius 3 is 3.00 bits per heavy atom. The van der Waals surface area contributed by atoms with Crippen LogP contribution in [0, 0.1) is 0 Å². The van der Waals surface area contributed by atoms with Gasteiger partial charge in [-0.1, -0.05) is 13.0 Å². The standard InChI is InChI=1S/C13H21NOS/c1-4-9-16-10-8-14-11(3)13-7-6-12(5-2)15-13/h4,6-7,11,14H,1,5,8-10H2,2-3H3. The number of thioether (sulfide) groups is 1. The number of hydrogen-bond donors (Lipinski definition) is 1. The van der Waals surface area contributed by atoms with Gasteiger partial charge in [0.2, 0.25) is 0 Å². The summed E-state index contributed by atoms with van der Waals surface area (Å²) in [5.74, 6) is 4.23. The SMILES string of the molecule is C=CCSCCNC(C)c1ccc(CC)o1. The van der Waals surface area contributed by atoms with Gasteiger partial charge in [0.05, 0.1) is 6.04 Å². The minimum Gasteiger partial charge on any atom is -0.464 e. The van der Waals surface area contributed by atoms with Gasteiger partial charge < -0.3 is 9.73 Å². The topological polar surface area (TPSA) is 25.2 Å². The van der Waals surface area contributed by atoms with Crippen LogP contribution < -0.4 is 5.32 Å². The van der Waals surface area contributed by atoms with Crippen LogP contribution in [0.25, 0.3) is 0 Å². The zero-order valence-electron chi connectivity index (χ0n) is 10.2. The molecule has 0 aliphatic rings. The molecule has 1 heterocycles. The van der Waals surface area contributed by atoms with Crippen molar-refractivity contribution in [3.05, 3.63) is 36.3 Å². The lowest BCUT2D eigenvalue weighted by Gasteiger charge is -2.10. The van der Waals surface area contributed by atoms with Crippen molar-refractivity contribution >= 4 is 11.8 Å². The molecule has 0 saturated heterocycles. The molecule has 0 saturated carbocycles. The van der Waals surface area contributed by atoms with Gasteiger partial charge in [-0.15, -0.1) is 6.58 Å². The van der Waals surface area contributed by atoms with Crippen molar-refractivity contribution in [3.63, 3.8) is 0 Å². The van der Waals surface area contributed by atoms with Crippen molar-refractivity contribution in [3.8, 4) is 0 Å². The first-order chi connectivity index (χ1) is 7.77. The molecule has 1 N–H and O–H groups in total. The molecule has 0 aliphatic carbocycles. The summed E-state index contributed by atoms with van der Waals surface area (Å²) in [5, 5.41) is 3.45. The molecule has 0 bridgehead atoms. The highest BCUT2D eigenvalue weighted by molar-refractivity contribution is 7.99. The molecule has 0 aliphatic heterocycles. The van der Waals surface area contributed by atoms with Crippen molar-refractivity contribution in [1.82, 2.24) is 5.32 Å². The smallest absolute Gasteiger partial charge is 0.120 e. The quantitative estimate of drug-likeness (QED) is 0.556. The zero-order valence-corrected chi connectivity index (χ0v) is 11.0. The van der Waals surface area contributed by atoms with Gasteiger partial charge >= 0.3 is 0 Å². The van der Waals surface area contributed by atoms with Gasteiger partial charge in [0.1, 0.15) is 11.5 Å².